The van der Waals surface area contributed by atoms with E-state index in [1.807, 2.05) is 0 Å². The number of rotatable bonds is 10. The lowest BCUT2D eigenvalue weighted by atomic mass is 10.1. The molecule has 0 spiro atoms. The van der Waals surface area contributed by atoms with Crippen LogP contribution in [0.3, 0.4) is 0 Å². The van der Waals surface area contributed by atoms with E-state index in [-0.39, 0.29) is 22.1 Å². The van der Waals surface area contributed by atoms with E-state index in [1.54, 1.807) is 30.3 Å². The molecule has 16 nitrogen and oxygen atoms in total. The molecule has 1 fully saturated rings. The number of fused-ring (bicyclic) bond motifs is 1. The Labute approximate surface area is 219 Å². The number of halogens is 1. The van der Waals surface area contributed by atoms with Crippen molar-refractivity contribution in [2.45, 2.75) is 30.6 Å². The molecule has 1 aliphatic heterocycles. The molecule has 2 aromatic heterocycles. The van der Waals surface area contributed by atoms with Crippen molar-refractivity contribution in [1.29, 1.82) is 0 Å². The molecule has 0 aliphatic carbocycles. The number of aromatic nitrogens is 4. The second kappa shape index (κ2) is 10.9. The van der Waals surface area contributed by atoms with Crippen LogP contribution in [0.5, 0.6) is 0 Å². The zero-order valence-electron chi connectivity index (χ0n) is 19.2. The van der Waals surface area contributed by atoms with Crippen LogP contribution >= 0.6 is 26.8 Å². The highest BCUT2D eigenvalue weighted by atomic mass is 35.5. The van der Waals surface area contributed by atoms with E-state index in [9.17, 15) is 29.0 Å². The number of carbonyl (C=O) groups excluding carboxylic acids is 1. The third-order valence-corrected chi connectivity index (χ3v) is 9.13. The number of nitrogens with one attached hydrogen (secondary N) is 1. The number of hydrogen-bond acceptors (Lipinski definition) is 11. The van der Waals surface area contributed by atoms with Gasteiger partial charge >= 0.3 is 15.2 Å². The zero-order chi connectivity index (χ0) is 27.8. The Morgan fingerprint density at radius 2 is 1.87 bits per heavy atom. The molecule has 1 amide bonds. The molecule has 3 aromatic rings. The predicted octanol–water partition coefficient (Wildman–Crippen LogP) is 0.0746. The molecule has 0 bridgehead atoms. The highest BCUT2D eigenvalue weighted by Crippen LogP contribution is 2.55. The highest BCUT2D eigenvalue weighted by molar-refractivity contribution is 7.70. The monoisotopic (exact) mass is 592 g/mol. The second-order valence-electron chi connectivity index (χ2n) is 8.34. The van der Waals surface area contributed by atoms with Crippen LogP contribution < -0.4 is 11.1 Å². The summed E-state index contributed by atoms with van der Waals surface area (Å²) < 4.78 is 34.3. The maximum atomic E-state index is 12.2. The molecule has 1 unspecified atom stereocenters. The van der Waals surface area contributed by atoms with Crippen LogP contribution in [0.4, 0.5) is 5.82 Å². The van der Waals surface area contributed by atoms with Gasteiger partial charge in [0.2, 0.25) is 11.2 Å². The van der Waals surface area contributed by atoms with Gasteiger partial charge in [-0.15, -0.1) is 0 Å². The van der Waals surface area contributed by atoms with Crippen molar-refractivity contribution in [3.63, 3.8) is 0 Å². The van der Waals surface area contributed by atoms with E-state index in [0.717, 1.165) is 4.68 Å². The quantitative estimate of drug-likeness (QED) is 0.121. The number of primary amides is 1. The van der Waals surface area contributed by atoms with Crippen molar-refractivity contribution < 1.29 is 48.1 Å². The first-order valence-electron chi connectivity index (χ1n) is 10.8. The van der Waals surface area contributed by atoms with Gasteiger partial charge in [0, 0.05) is 0 Å². The predicted molar refractivity (Wildman–Crippen MR) is 131 cm³/mol. The number of nitrogens with two attached hydrogens (primary N) is 1. The van der Waals surface area contributed by atoms with Crippen molar-refractivity contribution in [2.24, 2.45) is 5.73 Å². The smallest absolute Gasteiger partial charge is 0.340 e. The number of aliphatic hydroxyl groups excluding tert-OH is 2. The summed E-state index contributed by atoms with van der Waals surface area (Å²) in [6, 6.07) is 7.58. The molecule has 38 heavy (non-hydrogen) atoms. The number of carbonyl (C=O) groups is 1. The lowest BCUT2D eigenvalue weighted by Crippen LogP contribution is -2.33. The maximum absolute atomic E-state index is 12.2. The van der Waals surface area contributed by atoms with Gasteiger partial charge in [-0.1, -0.05) is 30.3 Å². The number of benzene rings is 1. The average molecular weight is 593 g/mol. The topological polar surface area (TPSA) is 252 Å². The molecule has 8 N–H and O–H groups in total. The zero-order valence-corrected chi connectivity index (χ0v) is 21.7. The minimum Gasteiger partial charge on any atom is -0.387 e. The molecule has 1 saturated heterocycles. The van der Waals surface area contributed by atoms with Crippen LogP contribution in [0.25, 0.3) is 11.0 Å². The summed E-state index contributed by atoms with van der Waals surface area (Å²) in [5.74, 6) is -2.05. The number of nitrogens with zero attached hydrogens (tertiary/aromatic N) is 4. The summed E-state index contributed by atoms with van der Waals surface area (Å²) in [6.07, 6.45) is -4.72. The number of hydrogen-bond donors (Lipinski definition) is 7. The number of ether oxygens (including phenoxy) is 1. The summed E-state index contributed by atoms with van der Waals surface area (Å²) in [5, 5.41) is 28.0. The lowest BCUT2D eigenvalue weighted by Gasteiger charge is -2.18. The molecule has 0 radical (unpaired) electrons. The Morgan fingerprint density at radius 3 is 2.50 bits per heavy atom. The molecule has 4 rings (SSSR count). The fraction of sp³-hybridized carbons (Fsp3) is 0.368. The Kier molecular flexibility index (Phi) is 8.21. The van der Waals surface area contributed by atoms with Crippen molar-refractivity contribution in [3.05, 3.63) is 47.4 Å². The van der Waals surface area contributed by atoms with Gasteiger partial charge in [-0.05, 0) is 17.2 Å². The fourth-order valence-corrected chi connectivity index (χ4v) is 6.56. The Hall–Kier alpha value is -2.49. The Bertz CT molecular complexity index is 1420. The van der Waals surface area contributed by atoms with Crippen LogP contribution in [0.15, 0.2) is 36.5 Å². The maximum Gasteiger partial charge on any atom is 0.340 e. The van der Waals surface area contributed by atoms with Crippen LogP contribution in [-0.2, 0) is 23.2 Å². The fourth-order valence-electron chi connectivity index (χ4n) is 3.83. The van der Waals surface area contributed by atoms with Gasteiger partial charge in [-0.2, -0.15) is 15.1 Å². The summed E-state index contributed by atoms with van der Waals surface area (Å²) in [4.78, 5) is 47.9. The SMILES string of the molecule is NC(=O)[C@H](Nc1nc(Cl)nc2c1cnn2[C@@H]1O[C@H](COP(=O)(O)CP(=O)(O)O)[C@@H](O)[C@H]1O)c1ccccc1. The van der Waals surface area contributed by atoms with Gasteiger partial charge < -0.3 is 45.2 Å². The van der Waals surface area contributed by atoms with Gasteiger partial charge in [0.25, 0.3) is 0 Å². The van der Waals surface area contributed by atoms with Gasteiger partial charge in [-0.25, -0.2) is 4.68 Å². The summed E-state index contributed by atoms with van der Waals surface area (Å²) in [5.41, 5.74) is 6.16. The Balaban J connectivity index is 1.59. The molecule has 1 aromatic carbocycles. The molecule has 206 valence electrons. The molecular weight excluding hydrogens is 570 g/mol. The minimum atomic E-state index is -4.87. The molecule has 3 heterocycles. The minimum absolute atomic E-state index is 0.0379. The molecule has 19 heteroatoms. The normalized spacial score (nSPS) is 24.3. The first-order chi connectivity index (χ1) is 17.8. The van der Waals surface area contributed by atoms with Gasteiger partial charge in [0.15, 0.2) is 17.8 Å². The van der Waals surface area contributed by atoms with Crippen LogP contribution in [0.2, 0.25) is 5.28 Å². The van der Waals surface area contributed by atoms with Gasteiger partial charge in [-0.3, -0.25) is 13.9 Å². The van der Waals surface area contributed by atoms with Crippen molar-refractivity contribution in [3.8, 4) is 0 Å². The van der Waals surface area contributed by atoms with E-state index >= 15 is 0 Å². The van der Waals surface area contributed by atoms with Crippen LogP contribution in [0, 0.1) is 0 Å². The van der Waals surface area contributed by atoms with E-state index in [0.29, 0.717) is 5.56 Å². The Morgan fingerprint density at radius 1 is 1.18 bits per heavy atom. The van der Waals surface area contributed by atoms with Crippen LogP contribution in [0.1, 0.15) is 17.8 Å². The number of amides is 1. The van der Waals surface area contributed by atoms with Crippen molar-refractivity contribution in [1.82, 2.24) is 19.7 Å². The number of aliphatic hydroxyl groups is 2. The van der Waals surface area contributed by atoms with Gasteiger partial charge in [0.1, 0.15) is 30.2 Å². The van der Waals surface area contributed by atoms with E-state index in [2.05, 4.69) is 20.4 Å². The third kappa shape index (κ3) is 6.38. The largest absolute Gasteiger partial charge is 0.387 e. The van der Waals surface area contributed by atoms with Gasteiger partial charge in [0.05, 0.1) is 18.2 Å². The summed E-state index contributed by atoms with van der Waals surface area (Å²) in [6.45, 7) is -0.776. The molecule has 1 aliphatic rings. The standard InChI is InChI=1S/C19H23ClN6O10P2/c20-19-24-16(23-12(15(21)29)9-4-2-1-3-5-9)10-6-22-26(17(10)25-19)18-14(28)13(27)11(36-18)7-35-38(33,34)8-37(30,31)32/h1-6,11-14,18,27-28H,7-8H2,(H2,21,29)(H,33,34)(H,23,24,25)(H2,30,31,32)/t11-,12-,13-,14-,18-/m1/s1. The van der Waals surface area contributed by atoms with Crippen molar-refractivity contribution in [2.75, 3.05) is 17.8 Å². The summed E-state index contributed by atoms with van der Waals surface area (Å²) >= 11 is 6.10. The van der Waals surface area contributed by atoms with Crippen molar-refractivity contribution >= 4 is 49.6 Å². The highest BCUT2D eigenvalue weighted by Gasteiger charge is 2.46. The molecule has 0 saturated carbocycles. The first-order valence-corrected chi connectivity index (χ1v) is 14.7. The van der Waals surface area contributed by atoms with E-state index in [1.165, 1.54) is 6.20 Å². The van der Waals surface area contributed by atoms with Crippen LogP contribution in [-0.4, -0.2) is 81.4 Å². The number of anilines is 1. The van der Waals surface area contributed by atoms with E-state index in [4.69, 9.17) is 36.4 Å². The summed E-state index contributed by atoms with van der Waals surface area (Å²) in [7, 11) is -9.60. The average Bonchev–Trinajstić information content (AvgIpc) is 3.35. The first kappa shape index (κ1) is 28.5. The molecule has 6 atom stereocenters. The third-order valence-electron chi connectivity index (χ3n) is 5.51. The lowest BCUT2D eigenvalue weighted by molar-refractivity contribution is -0.118. The second-order valence-corrected chi connectivity index (χ2v) is 12.7. The molecular formula is C19H23ClN6O10P2. The van der Waals surface area contributed by atoms with E-state index < -0.39 is 64.2 Å².